The van der Waals surface area contributed by atoms with Crippen molar-refractivity contribution in [1.29, 1.82) is 0 Å². The summed E-state index contributed by atoms with van der Waals surface area (Å²) in [5.41, 5.74) is 0.298. The smallest absolute Gasteiger partial charge is 0.307 e. The minimum Gasteiger partial charge on any atom is -0.497 e. The van der Waals surface area contributed by atoms with Crippen LogP contribution >= 0.6 is 0 Å². The highest BCUT2D eigenvalue weighted by molar-refractivity contribution is 5.95. The standard InChI is InChI=1S/C18H17F2NO4/c1-24-13-6-3-11(4-7-13)16(10-17(22)25-2)21-18(23)14-8-5-12(19)9-15(14)20/h3-9,16H,10H2,1-2H3,(H,21,23). The molecule has 0 heterocycles. The second-order valence-electron chi connectivity index (χ2n) is 5.20. The lowest BCUT2D eigenvalue weighted by molar-refractivity contribution is -0.141. The summed E-state index contributed by atoms with van der Waals surface area (Å²) in [6.45, 7) is 0. The van der Waals surface area contributed by atoms with E-state index in [9.17, 15) is 18.4 Å². The van der Waals surface area contributed by atoms with Crippen molar-refractivity contribution < 1.29 is 27.8 Å². The van der Waals surface area contributed by atoms with Gasteiger partial charge in [-0.3, -0.25) is 9.59 Å². The number of benzene rings is 2. The zero-order chi connectivity index (χ0) is 18.4. The van der Waals surface area contributed by atoms with Crippen LogP contribution in [0.4, 0.5) is 8.78 Å². The summed E-state index contributed by atoms with van der Waals surface area (Å²) in [6.07, 6.45) is -0.141. The molecule has 132 valence electrons. The number of ether oxygens (including phenoxy) is 2. The van der Waals surface area contributed by atoms with Gasteiger partial charge in [0.1, 0.15) is 17.4 Å². The number of carbonyl (C=O) groups excluding carboxylic acids is 2. The van der Waals surface area contributed by atoms with E-state index in [0.717, 1.165) is 12.1 Å². The predicted octanol–water partition coefficient (Wildman–Crippen LogP) is 3.01. The molecule has 1 atom stereocenters. The Morgan fingerprint density at radius 3 is 2.32 bits per heavy atom. The second kappa shape index (κ2) is 8.23. The Hall–Kier alpha value is -2.96. The zero-order valence-electron chi connectivity index (χ0n) is 13.7. The van der Waals surface area contributed by atoms with Gasteiger partial charge in [-0.25, -0.2) is 8.78 Å². The number of carbonyl (C=O) groups is 2. The molecule has 0 aliphatic carbocycles. The SMILES string of the molecule is COC(=O)CC(NC(=O)c1ccc(F)cc1F)c1ccc(OC)cc1. The Labute approximate surface area is 143 Å². The van der Waals surface area contributed by atoms with Gasteiger partial charge in [-0.05, 0) is 29.8 Å². The number of halogens is 2. The lowest BCUT2D eigenvalue weighted by Crippen LogP contribution is -2.31. The third kappa shape index (κ3) is 4.76. The van der Waals surface area contributed by atoms with Crippen molar-refractivity contribution in [2.45, 2.75) is 12.5 Å². The van der Waals surface area contributed by atoms with Crippen LogP contribution in [-0.2, 0) is 9.53 Å². The van der Waals surface area contributed by atoms with Crippen LogP contribution in [0.15, 0.2) is 42.5 Å². The topological polar surface area (TPSA) is 64.6 Å². The summed E-state index contributed by atoms with van der Waals surface area (Å²) < 4.78 is 36.5. The fraction of sp³-hybridized carbons (Fsp3) is 0.222. The first kappa shape index (κ1) is 18.4. The Balaban J connectivity index is 2.25. The number of nitrogens with one attached hydrogen (secondary N) is 1. The van der Waals surface area contributed by atoms with Crippen LogP contribution in [-0.4, -0.2) is 26.1 Å². The number of esters is 1. The second-order valence-corrected chi connectivity index (χ2v) is 5.20. The normalized spacial score (nSPS) is 11.5. The quantitative estimate of drug-likeness (QED) is 0.815. The summed E-state index contributed by atoms with van der Waals surface area (Å²) in [5, 5.41) is 2.57. The summed E-state index contributed by atoms with van der Waals surface area (Å²) in [7, 11) is 2.74. The number of hydrogen-bond acceptors (Lipinski definition) is 4. The van der Waals surface area contributed by atoms with E-state index in [0.29, 0.717) is 17.4 Å². The monoisotopic (exact) mass is 349 g/mol. The number of rotatable bonds is 6. The summed E-state index contributed by atoms with van der Waals surface area (Å²) in [6, 6.07) is 8.60. The first-order valence-electron chi connectivity index (χ1n) is 7.41. The third-order valence-corrected chi connectivity index (χ3v) is 3.60. The Kier molecular flexibility index (Phi) is 6.05. The predicted molar refractivity (Wildman–Crippen MR) is 86.2 cm³/mol. The number of methoxy groups -OCH3 is 2. The van der Waals surface area contributed by atoms with E-state index in [1.54, 1.807) is 24.3 Å². The maximum atomic E-state index is 13.8. The molecule has 1 N–H and O–H groups in total. The van der Waals surface area contributed by atoms with Gasteiger partial charge in [0, 0.05) is 6.07 Å². The number of hydrogen-bond donors (Lipinski definition) is 1. The lowest BCUT2D eigenvalue weighted by atomic mass is 10.0. The largest absolute Gasteiger partial charge is 0.497 e. The summed E-state index contributed by atoms with van der Waals surface area (Å²) in [4.78, 5) is 23.9. The van der Waals surface area contributed by atoms with E-state index in [4.69, 9.17) is 4.74 Å². The van der Waals surface area contributed by atoms with Gasteiger partial charge >= 0.3 is 5.97 Å². The minimum atomic E-state index is -0.982. The number of amides is 1. The van der Waals surface area contributed by atoms with E-state index >= 15 is 0 Å². The molecule has 0 aliphatic heterocycles. The molecule has 2 aromatic carbocycles. The molecular formula is C18H17F2NO4. The van der Waals surface area contributed by atoms with E-state index in [1.165, 1.54) is 14.2 Å². The molecule has 2 aromatic rings. The van der Waals surface area contributed by atoms with Gasteiger partial charge in [0.05, 0.1) is 32.2 Å². The summed E-state index contributed by atoms with van der Waals surface area (Å²) in [5.74, 6) is -2.46. The molecule has 7 heteroatoms. The van der Waals surface area contributed by atoms with Crippen LogP contribution in [0, 0.1) is 11.6 Å². The molecule has 0 aliphatic rings. The van der Waals surface area contributed by atoms with Crippen molar-refractivity contribution in [2.75, 3.05) is 14.2 Å². The van der Waals surface area contributed by atoms with Crippen LogP contribution in [0.5, 0.6) is 5.75 Å². The fourth-order valence-electron chi connectivity index (χ4n) is 2.25. The lowest BCUT2D eigenvalue weighted by Gasteiger charge is -2.19. The highest BCUT2D eigenvalue weighted by Gasteiger charge is 2.21. The molecule has 25 heavy (non-hydrogen) atoms. The van der Waals surface area contributed by atoms with E-state index in [1.807, 2.05) is 0 Å². The van der Waals surface area contributed by atoms with Crippen molar-refractivity contribution in [1.82, 2.24) is 5.32 Å². The first-order valence-corrected chi connectivity index (χ1v) is 7.41. The van der Waals surface area contributed by atoms with Gasteiger partial charge in [-0.15, -0.1) is 0 Å². The third-order valence-electron chi connectivity index (χ3n) is 3.60. The van der Waals surface area contributed by atoms with E-state index < -0.39 is 29.6 Å². The fourth-order valence-corrected chi connectivity index (χ4v) is 2.25. The molecule has 0 spiro atoms. The minimum absolute atomic E-state index is 0.141. The van der Waals surface area contributed by atoms with Gasteiger partial charge < -0.3 is 14.8 Å². The van der Waals surface area contributed by atoms with Crippen LogP contribution in [0.25, 0.3) is 0 Å². The van der Waals surface area contributed by atoms with Gasteiger partial charge in [-0.1, -0.05) is 12.1 Å². The van der Waals surface area contributed by atoms with Crippen LogP contribution in [0.3, 0.4) is 0 Å². The molecule has 2 rings (SSSR count). The maximum absolute atomic E-state index is 13.8. The van der Waals surface area contributed by atoms with Crippen molar-refractivity contribution in [2.24, 2.45) is 0 Å². The van der Waals surface area contributed by atoms with Gasteiger partial charge in [0.2, 0.25) is 0 Å². The molecule has 5 nitrogen and oxygen atoms in total. The van der Waals surface area contributed by atoms with Crippen molar-refractivity contribution in [3.05, 3.63) is 65.2 Å². The van der Waals surface area contributed by atoms with Gasteiger partial charge in [-0.2, -0.15) is 0 Å². The van der Waals surface area contributed by atoms with Crippen molar-refractivity contribution in [3.63, 3.8) is 0 Å². The molecule has 0 saturated heterocycles. The molecule has 0 fully saturated rings. The van der Waals surface area contributed by atoms with E-state index in [2.05, 4.69) is 10.1 Å². The average molecular weight is 349 g/mol. The Bertz CT molecular complexity index is 762. The average Bonchev–Trinajstić information content (AvgIpc) is 2.60. The van der Waals surface area contributed by atoms with Crippen molar-refractivity contribution >= 4 is 11.9 Å². The summed E-state index contributed by atoms with van der Waals surface area (Å²) >= 11 is 0. The molecule has 0 radical (unpaired) electrons. The van der Waals surface area contributed by atoms with Crippen LogP contribution < -0.4 is 10.1 Å². The molecule has 0 bridgehead atoms. The highest BCUT2D eigenvalue weighted by Crippen LogP contribution is 2.22. The van der Waals surface area contributed by atoms with Gasteiger partial charge in [0.25, 0.3) is 5.91 Å². The van der Waals surface area contributed by atoms with Gasteiger partial charge in [0.15, 0.2) is 0 Å². The maximum Gasteiger partial charge on any atom is 0.307 e. The molecule has 1 amide bonds. The van der Waals surface area contributed by atoms with E-state index in [-0.39, 0.29) is 12.0 Å². The first-order chi connectivity index (χ1) is 11.9. The molecule has 0 saturated carbocycles. The Morgan fingerprint density at radius 2 is 1.76 bits per heavy atom. The van der Waals surface area contributed by atoms with Crippen molar-refractivity contribution in [3.8, 4) is 5.75 Å². The highest BCUT2D eigenvalue weighted by atomic mass is 19.1. The van der Waals surface area contributed by atoms with Crippen LogP contribution in [0.2, 0.25) is 0 Å². The Morgan fingerprint density at radius 1 is 1.08 bits per heavy atom. The molecular weight excluding hydrogens is 332 g/mol. The molecule has 1 unspecified atom stereocenters. The van der Waals surface area contributed by atoms with Crippen LogP contribution in [0.1, 0.15) is 28.4 Å². The zero-order valence-corrected chi connectivity index (χ0v) is 13.7. The molecule has 0 aromatic heterocycles.